The van der Waals surface area contributed by atoms with Gasteiger partial charge in [-0.25, -0.2) is 0 Å². The summed E-state index contributed by atoms with van der Waals surface area (Å²) in [5, 5.41) is 0.977. The van der Waals surface area contributed by atoms with Crippen LogP contribution < -0.4 is 0 Å². The summed E-state index contributed by atoms with van der Waals surface area (Å²) in [6.45, 7) is 4.38. The van der Waals surface area contributed by atoms with Gasteiger partial charge in [0.15, 0.2) is 5.78 Å². The largest absolute Gasteiger partial charge is 0.294 e. The predicted molar refractivity (Wildman–Crippen MR) is 84.0 cm³/mol. The first-order valence-corrected chi connectivity index (χ1v) is 7.63. The molecule has 2 nitrogen and oxygen atoms in total. The summed E-state index contributed by atoms with van der Waals surface area (Å²) in [7, 11) is 0. The molecule has 2 rings (SSSR count). The number of carbonyl (C=O) groups excluding carboxylic acids is 1. The molecule has 0 amide bonds. The maximum absolute atomic E-state index is 12.6. The van der Waals surface area contributed by atoms with E-state index in [1.165, 1.54) is 12.8 Å². The van der Waals surface area contributed by atoms with Gasteiger partial charge in [-0.1, -0.05) is 57.7 Å². The number of pyridine rings is 1. The number of hydrogen-bond donors (Lipinski definition) is 0. The highest BCUT2D eigenvalue weighted by atomic mass is 16.1. The molecule has 2 aromatic rings. The van der Waals surface area contributed by atoms with Gasteiger partial charge in [-0.15, -0.1) is 0 Å². The molecular formula is C18H23NO. The van der Waals surface area contributed by atoms with Crippen molar-refractivity contribution in [3.63, 3.8) is 0 Å². The van der Waals surface area contributed by atoms with Crippen LogP contribution in [-0.4, -0.2) is 10.8 Å². The Morgan fingerprint density at radius 2 is 2.00 bits per heavy atom. The number of nitrogens with zero attached hydrogens (tertiary/aromatic N) is 1. The van der Waals surface area contributed by atoms with Crippen LogP contribution >= 0.6 is 0 Å². The Kier molecular flexibility index (Phi) is 5.28. The quantitative estimate of drug-likeness (QED) is 0.660. The Morgan fingerprint density at radius 3 is 2.75 bits per heavy atom. The number of aromatic nitrogens is 1. The van der Waals surface area contributed by atoms with E-state index in [4.69, 9.17) is 0 Å². The van der Waals surface area contributed by atoms with Crippen LogP contribution in [0.5, 0.6) is 0 Å². The summed E-state index contributed by atoms with van der Waals surface area (Å²) in [5.74, 6) is 0.765. The number of unbranched alkanes of at least 4 members (excludes halogenated alkanes) is 1. The summed E-state index contributed by atoms with van der Waals surface area (Å²) in [5.41, 5.74) is 1.73. The summed E-state index contributed by atoms with van der Waals surface area (Å²) >= 11 is 0. The molecule has 0 N–H and O–H groups in total. The Labute approximate surface area is 121 Å². The lowest BCUT2D eigenvalue weighted by molar-refractivity contribution is 0.0958. The van der Waals surface area contributed by atoms with E-state index in [9.17, 15) is 4.79 Å². The average Bonchev–Trinajstić information content (AvgIpc) is 2.50. The maximum Gasteiger partial charge on any atom is 0.163 e. The summed E-state index contributed by atoms with van der Waals surface area (Å²) in [6.07, 6.45) is 7.04. The number of carbonyl (C=O) groups is 1. The molecule has 1 aromatic heterocycles. The normalized spacial score (nSPS) is 12.5. The topological polar surface area (TPSA) is 30.0 Å². The first-order valence-electron chi connectivity index (χ1n) is 7.63. The van der Waals surface area contributed by atoms with Crippen LogP contribution in [0.4, 0.5) is 0 Å². The maximum atomic E-state index is 12.6. The van der Waals surface area contributed by atoms with Crippen molar-refractivity contribution in [1.29, 1.82) is 0 Å². The van der Waals surface area contributed by atoms with E-state index in [-0.39, 0.29) is 5.78 Å². The number of fused-ring (bicyclic) bond motifs is 1. The Morgan fingerprint density at radius 1 is 1.20 bits per heavy atom. The fourth-order valence-electron chi connectivity index (χ4n) is 2.65. The first-order chi connectivity index (χ1) is 9.76. The van der Waals surface area contributed by atoms with E-state index in [2.05, 4.69) is 18.8 Å². The average molecular weight is 269 g/mol. The summed E-state index contributed by atoms with van der Waals surface area (Å²) < 4.78 is 0. The second kappa shape index (κ2) is 7.18. The molecule has 106 valence electrons. The zero-order valence-electron chi connectivity index (χ0n) is 12.4. The van der Waals surface area contributed by atoms with E-state index in [1.54, 1.807) is 6.20 Å². The lowest BCUT2D eigenvalue weighted by Gasteiger charge is -2.14. The fraction of sp³-hybridized carbons (Fsp3) is 0.444. The Bertz CT molecular complexity index is 571. The zero-order chi connectivity index (χ0) is 14.4. The third-order valence-electron chi connectivity index (χ3n) is 3.97. The van der Waals surface area contributed by atoms with Crippen LogP contribution in [-0.2, 0) is 0 Å². The Balaban J connectivity index is 2.18. The van der Waals surface area contributed by atoms with E-state index in [0.29, 0.717) is 12.3 Å². The molecule has 1 unspecified atom stereocenters. The van der Waals surface area contributed by atoms with Gasteiger partial charge >= 0.3 is 0 Å². The zero-order valence-corrected chi connectivity index (χ0v) is 12.4. The van der Waals surface area contributed by atoms with Crippen molar-refractivity contribution in [2.45, 2.75) is 46.0 Å². The molecular weight excluding hydrogens is 246 g/mol. The second-order valence-corrected chi connectivity index (χ2v) is 5.42. The van der Waals surface area contributed by atoms with Gasteiger partial charge in [0.1, 0.15) is 0 Å². The van der Waals surface area contributed by atoms with Gasteiger partial charge < -0.3 is 0 Å². The van der Waals surface area contributed by atoms with Gasteiger partial charge in [0.25, 0.3) is 0 Å². The number of para-hydroxylation sites is 1. The van der Waals surface area contributed by atoms with Crippen molar-refractivity contribution in [3.8, 4) is 0 Å². The van der Waals surface area contributed by atoms with E-state index in [0.717, 1.165) is 29.3 Å². The molecule has 0 spiro atoms. The highest BCUT2D eigenvalue weighted by molar-refractivity contribution is 6.07. The SMILES string of the molecule is CCCCC(CC)CC(=O)c1ccnc2ccccc12. The molecule has 0 bridgehead atoms. The molecule has 1 heterocycles. The molecule has 0 aliphatic carbocycles. The van der Waals surface area contributed by atoms with Crippen LogP contribution in [0.2, 0.25) is 0 Å². The molecule has 0 aliphatic rings. The van der Waals surface area contributed by atoms with Crippen molar-refractivity contribution in [2.75, 3.05) is 0 Å². The minimum absolute atomic E-state index is 0.256. The van der Waals surface area contributed by atoms with Gasteiger partial charge in [-0.3, -0.25) is 9.78 Å². The standard InChI is InChI=1S/C18H23NO/c1-3-5-8-14(4-2)13-18(20)16-11-12-19-17-10-7-6-9-15(16)17/h6-7,9-12,14H,3-5,8,13H2,1-2H3. The minimum Gasteiger partial charge on any atom is -0.294 e. The number of ketones is 1. The van der Waals surface area contributed by atoms with E-state index < -0.39 is 0 Å². The molecule has 2 heteroatoms. The van der Waals surface area contributed by atoms with Gasteiger partial charge in [-0.05, 0) is 18.1 Å². The number of benzene rings is 1. The second-order valence-electron chi connectivity index (χ2n) is 5.42. The van der Waals surface area contributed by atoms with E-state index >= 15 is 0 Å². The van der Waals surface area contributed by atoms with Crippen LogP contribution in [0.25, 0.3) is 10.9 Å². The van der Waals surface area contributed by atoms with Crippen molar-refractivity contribution in [1.82, 2.24) is 4.98 Å². The van der Waals surface area contributed by atoms with E-state index in [1.807, 2.05) is 30.3 Å². The molecule has 0 fully saturated rings. The molecule has 0 aliphatic heterocycles. The fourth-order valence-corrected chi connectivity index (χ4v) is 2.65. The smallest absolute Gasteiger partial charge is 0.163 e. The number of Topliss-reactive ketones (excluding diaryl/α,β-unsaturated/α-hetero) is 1. The monoisotopic (exact) mass is 269 g/mol. The van der Waals surface area contributed by atoms with Crippen molar-refractivity contribution >= 4 is 16.7 Å². The third kappa shape index (κ3) is 3.44. The van der Waals surface area contributed by atoms with Crippen LogP contribution in [0.15, 0.2) is 36.5 Å². The van der Waals surface area contributed by atoms with Crippen LogP contribution in [0.3, 0.4) is 0 Å². The predicted octanol–water partition coefficient (Wildman–Crippen LogP) is 5.02. The van der Waals surface area contributed by atoms with Crippen LogP contribution in [0.1, 0.15) is 56.3 Å². The Hall–Kier alpha value is -1.70. The highest BCUT2D eigenvalue weighted by Crippen LogP contribution is 2.23. The number of hydrogen-bond acceptors (Lipinski definition) is 2. The molecule has 0 saturated heterocycles. The van der Waals surface area contributed by atoms with Crippen LogP contribution in [0, 0.1) is 5.92 Å². The lowest BCUT2D eigenvalue weighted by Crippen LogP contribution is -2.09. The molecule has 0 radical (unpaired) electrons. The summed E-state index contributed by atoms with van der Waals surface area (Å²) in [6, 6.07) is 9.73. The van der Waals surface area contributed by atoms with Gasteiger partial charge in [-0.2, -0.15) is 0 Å². The third-order valence-corrected chi connectivity index (χ3v) is 3.97. The molecule has 1 aromatic carbocycles. The first kappa shape index (κ1) is 14.7. The highest BCUT2D eigenvalue weighted by Gasteiger charge is 2.15. The van der Waals surface area contributed by atoms with Crippen molar-refractivity contribution < 1.29 is 4.79 Å². The molecule has 20 heavy (non-hydrogen) atoms. The lowest BCUT2D eigenvalue weighted by atomic mass is 9.91. The minimum atomic E-state index is 0.256. The van der Waals surface area contributed by atoms with Crippen molar-refractivity contribution in [2.24, 2.45) is 5.92 Å². The number of rotatable bonds is 7. The van der Waals surface area contributed by atoms with Gasteiger partial charge in [0.05, 0.1) is 5.52 Å². The molecule has 0 saturated carbocycles. The summed E-state index contributed by atoms with van der Waals surface area (Å²) in [4.78, 5) is 16.9. The molecule has 1 atom stereocenters. The van der Waals surface area contributed by atoms with Crippen molar-refractivity contribution in [3.05, 3.63) is 42.1 Å². The van der Waals surface area contributed by atoms with Gasteiger partial charge in [0, 0.05) is 23.6 Å². The van der Waals surface area contributed by atoms with Gasteiger partial charge in [0.2, 0.25) is 0 Å².